The van der Waals surface area contributed by atoms with Crippen molar-refractivity contribution < 1.29 is 29.7 Å². The molecule has 0 N–H and O–H groups in total. The number of rotatable bonds is 2. The summed E-state index contributed by atoms with van der Waals surface area (Å²) in [6.07, 6.45) is 2.24. The van der Waals surface area contributed by atoms with Crippen molar-refractivity contribution >= 4 is 18.7 Å². The maximum absolute atomic E-state index is 10.7. The van der Waals surface area contributed by atoms with E-state index in [1.807, 2.05) is 0 Å². The Hall–Kier alpha value is -2.92. The first-order valence-electron chi connectivity index (χ1n) is 8.88. The third kappa shape index (κ3) is 6.29. The van der Waals surface area contributed by atoms with Crippen LogP contribution in [0.25, 0.3) is 33.2 Å². The van der Waals surface area contributed by atoms with Crippen LogP contribution in [0.15, 0.2) is 91.1 Å². The van der Waals surface area contributed by atoms with Crippen molar-refractivity contribution in [2.45, 2.75) is 0 Å². The summed E-state index contributed by atoms with van der Waals surface area (Å²) in [6, 6.07) is 29.9. The van der Waals surface area contributed by atoms with Crippen LogP contribution in [0, 0.1) is 0 Å². The third-order valence-electron chi connectivity index (χ3n) is 4.29. The number of pyridine rings is 1. The summed E-state index contributed by atoms with van der Waals surface area (Å²) in [4.78, 5) is 0. The molecule has 0 bridgehead atoms. The molecule has 0 saturated heterocycles. The number of para-hydroxylation sites is 1. The molecule has 0 aliphatic rings. The molecule has 0 saturated carbocycles. The number of halogens is 6. The summed E-state index contributed by atoms with van der Waals surface area (Å²) in [5.74, 6) is 0. The second-order valence-electron chi connectivity index (χ2n) is 6.74. The first-order chi connectivity index (χ1) is 13.8. The molecule has 30 heavy (non-hydrogen) atoms. The van der Waals surface area contributed by atoms with Crippen LogP contribution in [0.2, 0.25) is 0 Å². The van der Waals surface area contributed by atoms with Crippen molar-refractivity contribution in [1.29, 1.82) is 0 Å². The molecule has 1 aromatic heterocycles. The van der Waals surface area contributed by atoms with Crippen LogP contribution < -0.4 is 4.57 Å². The molecule has 0 radical (unpaired) electrons. The fourth-order valence-corrected chi connectivity index (χ4v) is 3.22. The van der Waals surface area contributed by atoms with E-state index in [1.165, 1.54) is 33.2 Å². The van der Waals surface area contributed by atoms with Crippen LogP contribution in [0.5, 0.6) is 0 Å². The van der Waals surface area contributed by atoms with Gasteiger partial charge >= 0.3 is 33.0 Å². The van der Waals surface area contributed by atoms with Gasteiger partial charge in [-0.25, -0.2) is 4.57 Å². The van der Waals surface area contributed by atoms with E-state index in [2.05, 4.69) is 103 Å². The quantitative estimate of drug-likeness (QED) is 0.167. The summed E-state index contributed by atoms with van der Waals surface area (Å²) >= 11 is 0. The summed E-state index contributed by atoms with van der Waals surface area (Å²) in [5, 5.41) is 1.28. The summed E-state index contributed by atoms with van der Waals surface area (Å²) in [7, 11) is -8.54. The Morgan fingerprint density at radius 3 is 1.57 bits per heavy atom. The number of aromatic nitrogens is 1. The van der Waals surface area contributed by atoms with Crippen molar-refractivity contribution in [2.24, 2.45) is 7.05 Å². The van der Waals surface area contributed by atoms with Crippen molar-refractivity contribution in [3.63, 3.8) is 0 Å². The number of benzene rings is 3. The van der Waals surface area contributed by atoms with Gasteiger partial charge in [0.15, 0.2) is 6.20 Å². The van der Waals surface area contributed by atoms with E-state index < -0.39 is 7.81 Å². The van der Waals surface area contributed by atoms with Crippen molar-refractivity contribution in [2.75, 3.05) is 0 Å². The minimum atomic E-state index is -10.7. The van der Waals surface area contributed by atoms with Gasteiger partial charge in [-0.15, -0.1) is 0 Å². The van der Waals surface area contributed by atoms with Crippen LogP contribution in [-0.4, -0.2) is 0 Å². The van der Waals surface area contributed by atoms with Gasteiger partial charge in [0.25, 0.3) is 0 Å². The summed E-state index contributed by atoms with van der Waals surface area (Å²) in [6.45, 7) is 0. The van der Waals surface area contributed by atoms with Gasteiger partial charge in [0.1, 0.15) is 7.05 Å². The molecule has 8 heteroatoms. The van der Waals surface area contributed by atoms with Crippen LogP contribution in [0.1, 0.15) is 0 Å². The number of hydrogen-bond acceptors (Lipinski definition) is 0. The van der Waals surface area contributed by atoms with Crippen LogP contribution in [0.3, 0.4) is 0 Å². The van der Waals surface area contributed by atoms with Gasteiger partial charge in [-0.2, -0.15) is 0 Å². The Morgan fingerprint density at radius 1 is 0.600 bits per heavy atom. The molecular formula is C22H18F6NP. The third-order valence-corrected chi connectivity index (χ3v) is 4.29. The molecule has 0 spiro atoms. The Bertz CT molecular complexity index is 1160. The molecule has 0 atom stereocenters. The molecule has 0 unspecified atom stereocenters. The standard InChI is InChI=1S/C22H18N.F6P/c1-23-16-20(17-10-4-2-5-11-17)22(18-12-6-3-7-13-18)19-14-8-9-15-21(19)23;1-7(2,3,4,5)6/h2-16H,1H3;/q+1;-1. The second kappa shape index (κ2) is 7.10. The van der Waals surface area contributed by atoms with Crippen LogP contribution in [-0.2, 0) is 7.05 Å². The zero-order valence-corrected chi connectivity index (χ0v) is 16.7. The van der Waals surface area contributed by atoms with Crippen molar-refractivity contribution in [3.8, 4) is 22.3 Å². The minimum absolute atomic E-state index is 1.24. The predicted molar refractivity (Wildman–Crippen MR) is 110 cm³/mol. The van der Waals surface area contributed by atoms with Crippen molar-refractivity contribution in [3.05, 3.63) is 91.1 Å². The monoisotopic (exact) mass is 441 g/mol. The van der Waals surface area contributed by atoms with Gasteiger partial charge in [-0.3, -0.25) is 0 Å². The van der Waals surface area contributed by atoms with E-state index in [4.69, 9.17) is 0 Å². The van der Waals surface area contributed by atoms with E-state index in [9.17, 15) is 25.2 Å². The normalized spacial score (nSPS) is 13.7. The Balaban J connectivity index is 0.000000318. The van der Waals surface area contributed by atoms with Gasteiger partial charge in [-0.05, 0) is 17.2 Å². The number of fused-ring (bicyclic) bond motifs is 1. The van der Waals surface area contributed by atoms with Crippen molar-refractivity contribution in [1.82, 2.24) is 0 Å². The maximum atomic E-state index is 9.87. The molecule has 0 aliphatic carbocycles. The molecule has 0 amide bonds. The number of aryl methyl sites for hydroxylation is 1. The van der Waals surface area contributed by atoms with E-state index in [1.54, 1.807) is 0 Å². The molecular weight excluding hydrogens is 423 g/mol. The van der Waals surface area contributed by atoms with Gasteiger partial charge in [0.05, 0.1) is 10.9 Å². The Labute approximate surface area is 169 Å². The first kappa shape index (κ1) is 21.8. The molecule has 4 rings (SSSR count). The Kier molecular flexibility index (Phi) is 5.15. The fourth-order valence-electron chi connectivity index (χ4n) is 3.22. The average Bonchev–Trinajstić information content (AvgIpc) is 2.67. The molecule has 1 nitrogen and oxygen atoms in total. The second-order valence-corrected chi connectivity index (χ2v) is 8.65. The van der Waals surface area contributed by atoms with Gasteiger partial charge in [0.2, 0.25) is 5.52 Å². The van der Waals surface area contributed by atoms with Gasteiger partial charge < -0.3 is 0 Å². The van der Waals surface area contributed by atoms with E-state index >= 15 is 0 Å². The Morgan fingerprint density at radius 2 is 1.03 bits per heavy atom. The first-order valence-corrected chi connectivity index (χ1v) is 10.9. The predicted octanol–water partition coefficient (Wildman–Crippen LogP) is 8.38. The molecule has 4 aromatic rings. The van der Waals surface area contributed by atoms with Gasteiger partial charge in [-0.1, -0.05) is 72.8 Å². The van der Waals surface area contributed by atoms with Crippen LogP contribution >= 0.6 is 7.81 Å². The van der Waals surface area contributed by atoms with E-state index in [0.29, 0.717) is 0 Å². The molecule has 0 fully saturated rings. The van der Waals surface area contributed by atoms with Crippen LogP contribution in [0.4, 0.5) is 25.2 Å². The number of hydrogen-bond donors (Lipinski definition) is 0. The fraction of sp³-hybridized carbons (Fsp3) is 0.0455. The summed E-state index contributed by atoms with van der Waals surface area (Å²) in [5.41, 5.74) is 6.30. The zero-order chi connectivity index (χ0) is 22.1. The molecule has 158 valence electrons. The van der Waals surface area contributed by atoms with Gasteiger partial charge in [0, 0.05) is 11.6 Å². The SMILES string of the molecule is C[n+]1cc(-c2ccccc2)c(-c2ccccc2)c2ccccc21.F[P-](F)(F)(F)(F)F. The van der Waals surface area contributed by atoms with E-state index in [0.717, 1.165) is 0 Å². The van der Waals surface area contributed by atoms with E-state index in [-0.39, 0.29) is 0 Å². The zero-order valence-electron chi connectivity index (χ0n) is 15.8. The molecule has 0 aliphatic heterocycles. The molecule has 3 aromatic carbocycles. The average molecular weight is 441 g/mol. The topological polar surface area (TPSA) is 3.88 Å². The molecule has 1 heterocycles. The number of nitrogens with zero attached hydrogens (tertiary/aromatic N) is 1. The summed E-state index contributed by atoms with van der Waals surface area (Å²) < 4.78 is 61.4.